The lowest BCUT2D eigenvalue weighted by molar-refractivity contribution is -0.249. The Labute approximate surface area is 57.4 Å². The van der Waals surface area contributed by atoms with Crippen LogP contribution < -0.4 is 0 Å². The average Bonchev–Trinajstić information content (AvgIpc) is 2.13. The standard InChI is InChI=1S/C5H8O5/c1-3-4(2-8-7)10-5(6)9-3/h5-7H,2H2,1H3. The quantitative estimate of drug-likeness (QED) is 0.427. The molecule has 0 aliphatic carbocycles. The smallest absolute Gasteiger partial charge is 0.358 e. The zero-order chi connectivity index (χ0) is 7.56. The summed E-state index contributed by atoms with van der Waals surface area (Å²) in [5.41, 5.74) is 0. The van der Waals surface area contributed by atoms with E-state index < -0.39 is 6.48 Å². The summed E-state index contributed by atoms with van der Waals surface area (Å²) in [4.78, 5) is 3.77. The summed E-state index contributed by atoms with van der Waals surface area (Å²) in [6.07, 6.45) is 0. The van der Waals surface area contributed by atoms with Gasteiger partial charge in [-0.1, -0.05) is 0 Å². The Bertz CT molecular complexity index is 152. The Balaban J connectivity index is 2.49. The Kier molecular flexibility index (Phi) is 2.10. The van der Waals surface area contributed by atoms with Crippen LogP contribution in [0.25, 0.3) is 0 Å². The lowest BCUT2D eigenvalue weighted by Crippen LogP contribution is -2.07. The van der Waals surface area contributed by atoms with Crippen molar-refractivity contribution in [2.45, 2.75) is 13.4 Å². The first-order valence-corrected chi connectivity index (χ1v) is 2.71. The van der Waals surface area contributed by atoms with E-state index in [0.717, 1.165) is 0 Å². The first kappa shape index (κ1) is 7.33. The molecule has 5 heteroatoms. The van der Waals surface area contributed by atoms with Gasteiger partial charge in [-0.05, 0) is 6.92 Å². The number of hydrogen-bond acceptors (Lipinski definition) is 5. The highest BCUT2D eigenvalue weighted by atomic mass is 17.1. The van der Waals surface area contributed by atoms with E-state index in [1.165, 1.54) is 0 Å². The summed E-state index contributed by atoms with van der Waals surface area (Å²) in [6, 6.07) is 0. The van der Waals surface area contributed by atoms with Crippen molar-refractivity contribution in [2.24, 2.45) is 0 Å². The van der Waals surface area contributed by atoms with Crippen molar-refractivity contribution in [1.82, 2.24) is 0 Å². The van der Waals surface area contributed by atoms with Crippen LogP contribution in [0.4, 0.5) is 0 Å². The van der Waals surface area contributed by atoms with E-state index in [4.69, 9.17) is 10.4 Å². The van der Waals surface area contributed by atoms with Gasteiger partial charge < -0.3 is 14.6 Å². The van der Waals surface area contributed by atoms with Gasteiger partial charge in [0.15, 0.2) is 5.76 Å². The molecule has 58 valence electrons. The van der Waals surface area contributed by atoms with E-state index >= 15 is 0 Å². The largest absolute Gasteiger partial charge is 0.433 e. The second-order valence-electron chi connectivity index (χ2n) is 1.80. The van der Waals surface area contributed by atoms with Crippen LogP contribution in [0.15, 0.2) is 11.5 Å². The molecule has 1 unspecified atom stereocenters. The highest BCUT2D eigenvalue weighted by Gasteiger charge is 2.21. The molecule has 0 aromatic carbocycles. The first-order chi connectivity index (χ1) is 4.74. The van der Waals surface area contributed by atoms with Crippen LogP contribution in [0.3, 0.4) is 0 Å². The molecule has 0 bridgehead atoms. The summed E-state index contributed by atoms with van der Waals surface area (Å²) in [5, 5.41) is 16.7. The molecule has 0 saturated heterocycles. The molecule has 1 aliphatic heterocycles. The van der Waals surface area contributed by atoms with Gasteiger partial charge in [0.05, 0.1) is 0 Å². The number of aliphatic hydroxyl groups is 1. The van der Waals surface area contributed by atoms with E-state index in [0.29, 0.717) is 11.5 Å². The molecule has 0 amide bonds. The fourth-order valence-electron chi connectivity index (χ4n) is 0.640. The van der Waals surface area contributed by atoms with Crippen molar-refractivity contribution >= 4 is 0 Å². The number of ether oxygens (including phenoxy) is 2. The molecular weight excluding hydrogens is 140 g/mol. The first-order valence-electron chi connectivity index (χ1n) is 2.71. The molecule has 0 aromatic heterocycles. The summed E-state index contributed by atoms with van der Waals surface area (Å²) in [5.74, 6) is 0.719. The van der Waals surface area contributed by atoms with E-state index in [1.807, 2.05) is 0 Å². The second-order valence-corrected chi connectivity index (χ2v) is 1.80. The van der Waals surface area contributed by atoms with Crippen LogP contribution in [0.5, 0.6) is 0 Å². The maximum Gasteiger partial charge on any atom is 0.358 e. The predicted octanol–water partition coefficient (Wildman–Crippen LogP) is 0.0302. The molecular formula is C5H8O5. The van der Waals surface area contributed by atoms with Crippen LogP contribution in [-0.2, 0) is 14.4 Å². The molecule has 0 aromatic rings. The number of hydrogen-bond donors (Lipinski definition) is 2. The van der Waals surface area contributed by atoms with Crippen molar-refractivity contribution in [3.63, 3.8) is 0 Å². The minimum Gasteiger partial charge on any atom is -0.433 e. The van der Waals surface area contributed by atoms with Crippen LogP contribution in [0, 0.1) is 0 Å². The number of allylic oxidation sites excluding steroid dienone is 1. The van der Waals surface area contributed by atoms with Crippen molar-refractivity contribution < 1.29 is 24.7 Å². The summed E-state index contributed by atoms with van der Waals surface area (Å²) < 4.78 is 9.29. The van der Waals surface area contributed by atoms with Crippen molar-refractivity contribution in [1.29, 1.82) is 0 Å². The molecule has 1 rings (SSSR count). The maximum absolute atomic E-state index is 8.67. The van der Waals surface area contributed by atoms with Gasteiger partial charge in [-0.2, -0.15) is 0 Å². The predicted molar refractivity (Wildman–Crippen MR) is 29.5 cm³/mol. The van der Waals surface area contributed by atoms with Gasteiger partial charge in [-0.25, -0.2) is 4.89 Å². The third-order valence-corrected chi connectivity index (χ3v) is 1.11. The minimum atomic E-state index is -1.26. The zero-order valence-electron chi connectivity index (χ0n) is 5.40. The monoisotopic (exact) mass is 148 g/mol. The molecule has 0 fully saturated rings. The highest BCUT2D eigenvalue weighted by molar-refractivity contribution is 5.02. The van der Waals surface area contributed by atoms with E-state index in [-0.39, 0.29) is 6.61 Å². The molecule has 2 N–H and O–H groups in total. The van der Waals surface area contributed by atoms with Gasteiger partial charge in [0, 0.05) is 0 Å². The fraction of sp³-hybridized carbons (Fsp3) is 0.600. The van der Waals surface area contributed by atoms with Crippen molar-refractivity contribution in [3.8, 4) is 0 Å². The van der Waals surface area contributed by atoms with Crippen LogP contribution in [-0.4, -0.2) is 23.4 Å². The number of rotatable bonds is 2. The Hall–Kier alpha value is -0.780. The van der Waals surface area contributed by atoms with Crippen molar-refractivity contribution in [2.75, 3.05) is 6.61 Å². The second kappa shape index (κ2) is 2.87. The lowest BCUT2D eigenvalue weighted by Gasteiger charge is -2.01. The van der Waals surface area contributed by atoms with Gasteiger partial charge in [0.25, 0.3) is 0 Å². The van der Waals surface area contributed by atoms with Crippen LogP contribution in [0.2, 0.25) is 0 Å². The third kappa shape index (κ3) is 1.38. The van der Waals surface area contributed by atoms with Gasteiger partial charge in [0.1, 0.15) is 12.4 Å². The molecule has 0 radical (unpaired) electrons. The maximum atomic E-state index is 8.67. The molecule has 0 spiro atoms. The molecule has 1 aliphatic rings. The normalized spacial score (nSPS) is 24.5. The van der Waals surface area contributed by atoms with Gasteiger partial charge in [0.2, 0.25) is 0 Å². The van der Waals surface area contributed by atoms with Gasteiger partial charge in [-0.3, -0.25) is 5.26 Å². The number of aliphatic hydroxyl groups excluding tert-OH is 1. The molecule has 1 heterocycles. The zero-order valence-corrected chi connectivity index (χ0v) is 5.40. The fourth-order valence-corrected chi connectivity index (χ4v) is 0.640. The van der Waals surface area contributed by atoms with E-state index in [9.17, 15) is 0 Å². The Morgan fingerprint density at radius 2 is 2.30 bits per heavy atom. The Morgan fingerprint density at radius 3 is 2.70 bits per heavy atom. The lowest BCUT2D eigenvalue weighted by atomic mass is 10.4. The molecule has 5 nitrogen and oxygen atoms in total. The highest BCUT2D eigenvalue weighted by Crippen LogP contribution is 2.19. The van der Waals surface area contributed by atoms with Crippen LogP contribution in [0.1, 0.15) is 6.92 Å². The molecule has 1 atom stereocenters. The van der Waals surface area contributed by atoms with E-state index in [2.05, 4.69) is 14.4 Å². The van der Waals surface area contributed by atoms with Crippen LogP contribution >= 0.6 is 0 Å². The minimum absolute atomic E-state index is 0.108. The van der Waals surface area contributed by atoms with Gasteiger partial charge in [-0.15, -0.1) is 0 Å². The molecule has 0 saturated carbocycles. The topological polar surface area (TPSA) is 68.2 Å². The van der Waals surface area contributed by atoms with Crippen molar-refractivity contribution in [3.05, 3.63) is 11.5 Å². The van der Waals surface area contributed by atoms with Gasteiger partial charge >= 0.3 is 6.48 Å². The van der Waals surface area contributed by atoms with E-state index in [1.54, 1.807) is 6.92 Å². The SMILES string of the molecule is CC1=C(COO)OC(O)O1. The third-order valence-electron chi connectivity index (χ3n) is 1.11. The summed E-state index contributed by atoms with van der Waals surface area (Å²) in [6.45, 7) is 0.234. The average molecular weight is 148 g/mol. The Morgan fingerprint density at radius 1 is 1.60 bits per heavy atom. The molecule has 10 heavy (non-hydrogen) atoms. The summed E-state index contributed by atoms with van der Waals surface area (Å²) >= 11 is 0. The summed E-state index contributed by atoms with van der Waals surface area (Å²) in [7, 11) is 0.